The van der Waals surface area contributed by atoms with Gasteiger partial charge in [-0.05, 0) is 76.7 Å². The van der Waals surface area contributed by atoms with E-state index in [4.69, 9.17) is 16.3 Å². The molecule has 2 aliphatic heterocycles. The van der Waals surface area contributed by atoms with Crippen molar-refractivity contribution in [2.45, 2.75) is 57.8 Å². The van der Waals surface area contributed by atoms with Crippen LogP contribution >= 0.6 is 11.6 Å². The van der Waals surface area contributed by atoms with Gasteiger partial charge in [0.05, 0.1) is 18.7 Å². The maximum atomic E-state index is 12.3. The van der Waals surface area contributed by atoms with Crippen molar-refractivity contribution in [1.29, 1.82) is 0 Å². The van der Waals surface area contributed by atoms with Crippen molar-refractivity contribution in [1.82, 2.24) is 9.80 Å². The van der Waals surface area contributed by atoms with Crippen LogP contribution in [0.5, 0.6) is 0 Å². The average Bonchev–Trinajstić information content (AvgIpc) is 2.98. The fourth-order valence-electron chi connectivity index (χ4n) is 4.05. The predicted octanol–water partition coefficient (Wildman–Crippen LogP) is 3.57. The number of likely N-dealkylation sites (tertiary alicyclic amines) is 2. The number of β-amino-alcohol motifs (C(OH)–C–C–N with tert-alkyl or cyclic N) is 1. The summed E-state index contributed by atoms with van der Waals surface area (Å²) < 4.78 is 5.45. The van der Waals surface area contributed by atoms with Crippen molar-refractivity contribution in [2.75, 3.05) is 26.2 Å². The number of nitrogens with zero attached hydrogens (tertiary/aromatic N) is 2. The number of ether oxygens (including phenoxy) is 1. The zero-order valence-corrected chi connectivity index (χ0v) is 17.3. The van der Waals surface area contributed by atoms with Crippen LogP contribution in [0.15, 0.2) is 24.3 Å². The van der Waals surface area contributed by atoms with Crippen molar-refractivity contribution in [3.63, 3.8) is 0 Å². The first kappa shape index (κ1) is 20.4. The van der Waals surface area contributed by atoms with Crippen LogP contribution in [0.25, 0.3) is 0 Å². The Labute approximate surface area is 167 Å². The van der Waals surface area contributed by atoms with Crippen molar-refractivity contribution in [3.05, 3.63) is 34.9 Å². The summed E-state index contributed by atoms with van der Waals surface area (Å²) in [6.45, 7) is 8.40. The maximum absolute atomic E-state index is 12.3. The second-order valence-electron chi connectivity index (χ2n) is 8.83. The summed E-state index contributed by atoms with van der Waals surface area (Å²) in [5.74, 6) is 0.655. The summed E-state index contributed by atoms with van der Waals surface area (Å²) in [4.78, 5) is 16.3. The molecule has 2 saturated heterocycles. The lowest BCUT2D eigenvalue weighted by Gasteiger charge is -2.37. The Balaban J connectivity index is 1.49. The number of benzene rings is 1. The summed E-state index contributed by atoms with van der Waals surface area (Å²) in [6.07, 6.45) is 2.45. The molecule has 5 nitrogen and oxygen atoms in total. The number of hydrogen-bond acceptors (Lipinski definition) is 4. The van der Waals surface area contributed by atoms with Crippen LogP contribution in [0.3, 0.4) is 0 Å². The van der Waals surface area contributed by atoms with Crippen LogP contribution in [-0.4, -0.2) is 64.9 Å². The van der Waals surface area contributed by atoms with Gasteiger partial charge in [0.15, 0.2) is 0 Å². The highest BCUT2D eigenvalue weighted by Gasteiger charge is 2.40. The lowest BCUT2D eigenvalue weighted by atomic mass is 9.89. The van der Waals surface area contributed by atoms with Crippen LogP contribution in [0.1, 0.15) is 39.2 Å². The molecule has 0 saturated carbocycles. The molecule has 0 radical (unpaired) electrons. The van der Waals surface area contributed by atoms with E-state index in [1.807, 2.05) is 32.9 Å². The normalized spacial score (nSPS) is 25.0. The lowest BCUT2D eigenvalue weighted by molar-refractivity contribution is 0.0268. The van der Waals surface area contributed by atoms with Crippen molar-refractivity contribution in [2.24, 2.45) is 5.92 Å². The van der Waals surface area contributed by atoms with E-state index >= 15 is 0 Å². The number of carbonyl (C=O) groups is 1. The summed E-state index contributed by atoms with van der Waals surface area (Å²) >= 11 is 5.96. The largest absolute Gasteiger partial charge is 0.444 e. The standard InChI is InChI=1S/C21H31ClN2O3/c1-21(2,3)27-20(26)24-13-18(19(25)14-24)23-10-8-16(9-11-23)12-15-4-6-17(22)7-5-15/h4-7,16,18-19,25H,8-14H2,1-3H3/t18-,19-/m0/s1. The third-order valence-electron chi connectivity index (χ3n) is 5.47. The molecule has 0 aromatic heterocycles. The zero-order valence-electron chi connectivity index (χ0n) is 16.5. The number of amides is 1. The van der Waals surface area contributed by atoms with Gasteiger partial charge in [-0.1, -0.05) is 23.7 Å². The molecule has 150 valence electrons. The van der Waals surface area contributed by atoms with Gasteiger partial charge in [0, 0.05) is 11.6 Å². The minimum absolute atomic E-state index is 0.00833. The smallest absolute Gasteiger partial charge is 0.410 e. The fourth-order valence-corrected chi connectivity index (χ4v) is 4.17. The quantitative estimate of drug-likeness (QED) is 0.851. The van der Waals surface area contributed by atoms with E-state index in [9.17, 15) is 9.90 Å². The van der Waals surface area contributed by atoms with Crippen molar-refractivity contribution >= 4 is 17.7 Å². The van der Waals surface area contributed by atoms with Gasteiger partial charge in [-0.15, -0.1) is 0 Å². The molecule has 2 atom stereocenters. The number of hydrogen-bond donors (Lipinski definition) is 1. The van der Waals surface area contributed by atoms with E-state index < -0.39 is 11.7 Å². The van der Waals surface area contributed by atoms with E-state index in [0.717, 1.165) is 37.4 Å². The van der Waals surface area contributed by atoms with Gasteiger partial charge >= 0.3 is 6.09 Å². The number of aliphatic hydroxyl groups excluding tert-OH is 1. The zero-order chi connectivity index (χ0) is 19.6. The van der Waals surface area contributed by atoms with Crippen molar-refractivity contribution < 1.29 is 14.6 Å². The topological polar surface area (TPSA) is 53.0 Å². The molecule has 0 bridgehead atoms. The molecule has 2 heterocycles. The molecule has 2 fully saturated rings. The van der Waals surface area contributed by atoms with E-state index in [0.29, 0.717) is 19.0 Å². The first-order chi connectivity index (χ1) is 12.7. The van der Waals surface area contributed by atoms with Gasteiger partial charge in [-0.2, -0.15) is 0 Å². The monoisotopic (exact) mass is 394 g/mol. The van der Waals surface area contributed by atoms with E-state index in [1.165, 1.54) is 5.56 Å². The fraction of sp³-hybridized carbons (Fsp3) is 0.667. The van der Waals surface area contributed by atoms with Gasteiger partial charge in [-0.3, -0.25) is 4.90 Å². The highest BCUT2D eigenvalue weighted by Crippen LogP contribution is 2.27. The molecule has 1 aromatic rings. The Morgan fingerprint density at radius 1 is 1.19 bits per heavy atom. The first-order valence-corrected chi connectivity index (χ1v) is 10.2. The minimum atomic E-state index is -0.514. The predicted molar refractivity (Wildman–Crippen MR) is 107 cm³/mol. The number of halogens is 1. The van der Waals surface area contributed by atoms with Crippen LogP contribution in [0, 0.1) is 5.92 Å². The van der Waals surface area contributed by atoms with Gasteiger partial charge < -0.3 is 14.7 Å². The van der Waals surface area contributed by atoms with Crippen LogP contribution in [0.4, 0.5) is 4.79 Å². The van der Waals surface area contributed by atoms with Gasteiger partial charge in [0.2, 0.25) is 0 Å². The molecular weight excluding hydrogens is 364 g/mol. The number of piperidine rings is 1. The number of rotatable bonds is 3. The first-order valence-electron chi connectivity index (χ1n) is 9.86. The Morgan fingerprint density at radius 2 is 1.81 bits per heavy atom. The SMILES string of the molecule is CC(C)(C)OC(=O)N1C[C@H](O)[C@@H](N2CCC(Cc3ccc(Cl)cc3)CC2)C1. The van der Waals surface area contributed by atoms with Crippen LogP contribution in [-0.2, 0) is 11.2 Å². The molecule has 2 aliphatic rings. The summed E-state index contributed by atoms with van der Waals surface area (Å²) in [7, 11) is 0. The molecule has 0 spiro atoms. The van der Waals surface area contributed by atoms with E-state index in [2.05, 4.69) is 17.0 Å². The van der Waals surface area contributed by atoms with Crippen LogP contribution < -0.4 is 0 Å². The second-order valence-corrected chi connectivity index (χ2v) is 9.27. The maximum Gasteiger partial charge on any atom is 0.410 e. The van der Waals surface area contributed by atoms with Gasteiger partial charge in [0.25, 0.3) is 0 Å². The molecular formula is C21H31ClN2O3. The molecule has 3 rings (SSSR count). The lowest BCUT2D eigenvalue weighted by Crippen LogP contribution is -2.47. The molecule has 6 heteroatoms. The Morgan fingerprint density at radius 3 is 2.41 bits per heavy atom. The molecule has 0 unspecified atom stereocenters. The summed E-state index contributed by atoms with van der Waals surface area (Å²) in [6, 6.07) is 8.12. The highest BCUT2D eigenvalue weighted by molar-refractivity contribution is 6.30. The molecule has 1 amide bonds. The van der Waals surface area contributed by atoms with E-state index in [1.54, 1.807) is 4.90 Å². The number of aliphatic hydroxyl groups is 1. The third-order valence-corrected chi connectivity index (χ3v) is 5.72. The van der Waals surface area contributed by atoms with Crippen LogP contribution in [0.2, 0.25) is 5.02 Å². The molecule has 27 heavy (non-hydrogen) atoms. The number of carbonyl (C=O) groups excluding carboxylic acids is 1. The summed E-state index contributed by atoms with van der Waals surface area (Å²) in [5.41, 5.74) is 0.815. The van der Waals surface area contributed by atoms with Gasteiger partial charge in [-0.25, -0.2) is 4.79 Å². The summed E-state index contributed by atoms with van der Waals surface area (Å²) in [5, 5.41) is 11.3. The highest BCUT2D eigenvalue weighted by atomic mass is 35.5. The second kappa shape index (κ2) is 8.38. The molecule has 1 N–H and O–H groups in total. The molecule has 1 aromatic carbocycles. The Bertz CT molecular complexity index is 636. The van der Waals surface area contributed by atoms with E-state index in [-0.39, 0.29) is 12.1 Å². The van der Waals surface area contributed by atoms with Gasteiger partial charge in [0.1, 0.15) is 5.60 Å². The average molecular weight is 395 g/mol. The third kappa shape index (κ3) is 5.59. The van der Waals surface area contributed by atoms with Crippen molar-refractivity contribution in [3.8, 4) is 0 Å². The Kier molecular flexibility index (Phi) is 6.34. The molecule has 0 aliphatic carbocycles. The minimum Gasteiger partial charge on any atom is -0.444 e. The Hall–Kier alpha value is -1.30.